The van der Waals surface area contributed by atoms with Crippen molar-refractivity contribution in [2.45, 2.75) is 19.4 Å². The Labute approximate surface area is 166 Å². The zero-order chi connectivity index (χ0) is 20.4. The van der Waals surface area contributed by atoms with Crippen LogP contribution in [0.4, 0.5) is 17.2 Å². The van der Waals surface area contributed by atoms with Gasteiger partial charge in [-0.1, -0.05) is 30.3 Å². The maximum absolute atomic E-state index is 12.9. The van der Waals surface area contributed by atoms with Gasteiger partial charge in [0.15, 0.2) is 0 Å². The monoisotopic (exact) mass is 389 g/mol. The zero-order valence-corrected chi connectivity index (χ0v) is 15.7. The Morgan fingerprint density at radius 3 is 2.34 bits per heavy atom. The molecule has 8 heteroatoms. The van der Waals surface area contributed by atoms with E-state index in [0.717, 1.165) is 5.56 Å². The molecule has 1 atom stereocenters. The van der Waals surface area contributed by atoms with Gasteiger partial charge < -0.3 is 16.0 Å². The van der Waals surface area contributed by atoms with Crippen LogP contribution in [0.1, 0.15) is 19.4 Å². The van der Waals surface area contributed by atoms with Gasteiger partial charge in [-0.25, -0.2) is 4.68 Å². The van der Waals surface area contributed by atoms with Gasteiger partial charge in [0.05, 0.1) is 12.1 Å². The number of amides is 3. The van der Waals surface area contributed by atoms with Gasteiger partial charge in [0.2, 0.25) is 17.7 Å². The summed E-state index contributed by atoms with van der Waals surface area (Å²) in [4.78, 5) is 36.1. The summed E-state index contributed by atoms with van der Waals surface area (Å²) in [7, 11) is 0. The molecule has 0 aliphatic carbocycles. The standard InChI is InChI=1S/C21H19N5O3/c1-13(27)22-15-7-9-16(10-8-15)23-21(29)18-12-20(28)24-19-11-17(25-26(18)19)14-5-3-2-4-6-14/h2-11,18H,12H2,1H3,(H,22,27)(H,23,29)(H,24,28)/t18-/m1/s1. The number of carbonyl (C=O) groups is 3. The maximum atomic E-state index is 12.9. The largest absolute Gasteiger partial charge is 0.326 e. The van der Waals surface area contributed by atoms with E-state index in [1.807, 2.05) is 30.3 Å². The minimum Gasteiger partial charge on any atom is -0.326 e. The van der Waals surface area contributed by atoms with Crippen molar-refractivity contribution in [3.8, 4) is 11.3 Å². The van der Waals surface area contributed by atoms with Gasteiger partial charge in [-0.05, 0) is 24.3 Å². The van der Waals surface area contributed by atoms with Gasteiger partial charge in [-0.15, -0.1) is 0 Å². The summed E-state index contributed by atoms with van der Waals surface area (Å²) in [6.45, 7) is 1.43. The maximum Gasteiger partial charge on any atom is 0.249 e. The van der Waals surface area contributed by atoms with E-state index in [0.29, 0.717) is 22.9 Å². The summed E-state index contributed by atoms with van der Waals surface area (Å²) >= 11 is 0. The van der Waals surface area contributed by atoms with E-state index in [1.54, 1.807) is 35.0 Å². The highest BCUT2D eigenvalue weighted by molar-refractivity contribution is 6.01. The van der Waals surface area contributed by atoms with Gasteiger partial charge in [0, 0.05) is 29.9 Å². The molecule has 29 heavy (non-hydrogen) atoms. The van der Waals surface area contributed by atoms with Crippen LogP contribution in [0.15, 0.2) is 60.7 Å². The summed E-state index contributed by atoms with van der Waals surface area (Å²) in [5.74, 6) is -0.258. The molecule has 0 fully saturated rings. The van der Waals surface area contributed by atoms with Crippen molar-refractivity contribution in [1.29, 1.82) is 0 Å². The Morgan fingerprint density at radius 1 is 1.03 bits per heavy atom. The molecule has 0 bridgehead atoms. The second kappa shape index (κ2) is 7.59. The highest BCUT2D eigenvalue weighted by atomic mass is 16.2. The molecule has 0 spiro atoms. The third-order valence-electron chi connectivity index (χ3n) is 4.52. The molecule has 8 nitrogen and oxygen atoms in total. The predicted octanol–water partition coefficient (Wildman–Crippen LogP) is 3.03. The van der Waals surface area contributed by atoms with Crippen LogP contribution in [0.3, 0.4) is 0 Å². The molecule has 2 heterocycles. The predicted molar refractivity (Wildman–Crippen MR) is 109 cm³/mol. The summed E-state index contributed by atoms with van der Waals surface area (Å²) in [6.07, 6.45) is -0.00127. The lowest BCUT2D eigenvalue weighted by molar-refractivity contribution is -0.125. The molecule has 0 unspecified atom stereocenters. The Morgan fingerprint density at radius 2 is 1.69 bits per heavy atom. The summed E-state index contributed by atoms with van der Waals surface area (Å²) in [6, 6.07) is 17.3. The smallest absolute Gasteiger partial charge is 0.249 e. The van der Waals surface area contributed by atoms with Crippen LogP contribution < -0.4 is 16.0 Å². The van der Waals surface area contributed by atoms with E-state index >= 15 is 0 Å². The van der Waals surface area contributed by atoms with E-state index in [-0.39, 0.29) is 24.1 Å². The third kappa shape index (κ3) is 4.01. The van der Waals surface area contributed by atoms with Gasteiger partial charge in [-0.3, -0.25) is 14.4 Å². The minimum absolute atomic E-state index is 0.00127. The summed E-state index contributed by atoms with van der Waals surface area (Å²) < 4.78 is 1.55. The Balaban J connectivity index is 1.56. The molecule has 4 rings (SSSR count). The van der Waals surface area contributed by atoms with Crippen molar-refractivity contribution in [1.82, 2.24) is 9.78 Å². The van der Waals surface area contributed by atoms with Crippen LogP contribution in [0.5, 0.6) is 0 Å². The lowest BCUT2D eigenvalue weighted by Crippen LogP contribution is -2.35. The van der Waals surface area contributed by atoms with E-state index in [2.05, 4.69) is 21.0 Å². The molecule has 3 aromatic rings. The minimum atomic E-state index is -0.758. The first-order chi connectivity index (χ1) is 14.0. The van der Waals surface area contributed by atoms with Gasteiger partial charge in [-0.2, -0.15) is 5.10 Å². The molecular formula is C21H19N5O3. The molecule has 3 amide bonds. The third-order valence-corrected chi connectivity index (χ3v) is 4.52. The van der Waals surface area contributed by atoms with Crippen molar-refractivity contribution in [3.63, 3.8) is 0 Å². The number of carbonyl (C=O) groups excluding carboxylic acids is 3. The fourth-order valence-corrected chi connectivity index (χ4v) is 3.20. The van der Waals surface area contributed by atoms with Crippen LogP contribution in [0.2, 0.25) is 0 Å². The highest BCUT2D eigenvalue weighted by Gasteiger charge is 2.32. The Bertz CT molecular complexity index is 1070. The van der Waals surface area contributed by atoms with Crippen LogP contribution >= 0.6 is 0 Å². The number of aromatic nitrogens is 2. The number of nitrogens with one attached hydrogen (secondary N) is 3. The molecule has 0 saturated carbocycles. The van der Waals surface area contributed by atoms with Crippen LogP contribution in [0.25, 0.3) is 11.3 Å². The highest BCUT2D eigenvalue weighted by Crippen LogP contribution is 2.30. The van der Waals surface area contributed by atoms with Gasteiger partial charge in [0.25, 0.3) is 0 Å². The van der Waals surface area contributed by atoms with Crippen molar-refractivity contribution in [2.24, 2.45) is 0 Å². The Kier molecular flexibility index (Phi) is 4.82. The van der Waals surface area contributed by atoms with Crippen molar-refractivity contribution in [2.75, 3.05) is 16.0 Å². The molecule has 0 saturated heterocycles. The molecule has 146 valence electrons. The van der Waals surface area contributed by atoms with E-state index in [4.69, 9.17) is 0 Å². The second-order valence-corrected chi connectivity index (χ2v) is 6.74. The van der Waals surface area contributed by atoms with Crippen molar-refractivity contribution >= 4 is 34.9 Å². The molecule has 1 aliphatic rings. The number of benzene rings is 2. The van der Waals surface area contributed by atoms with Crippen LogP contribution in [-0.2, 0) is 14.4 Å². The zero-order valence-electron chi connectivity index (χ0n) is 15.7. The van der Waals surface area contributed by atoms with Crippen molar-refractivity contribution < 1.29 is 14.4 Å². The van der Waals surface area contributed by atoms with Crippen LogP contribution in [0, 0.1) is 0 Å². The number of anilines is 3. The average Bonchev–Trinajstić information content (AvgIpc) is 3.13. The van der Waals surface area contributed by atoms with Crippen LogP contribution in [-0.4, -0.2) is 27.5 Å². The SMILES string of the molecule is CC(=O)Nc1ccc(NC(=O)[C@H]2CC(=O)Nc3cc(-c4ccccc4)nn32)cc1. The number of rotatable bonds is 4. The first-order valence-corrected chi connectivity index (χ1v) is 9.13. The number of hydrogen-bond donors (Lipinski definition) is 3. The number of nitrogens with zero attached hydrogens (tertiary/aromatic N) is 2. The fourth-order valence-electron chi connectivity index (χ4n) is 3.20. The molecule has 0 radical (unpaired) electrons. The lowest BCUT2D eigenvalue weighted by Gasteiger charge is -2.23. The molecule has 2 aromatic carbocycles. The van der Waals surface area contributed by atoms with Gasteiger partial charge in [0.1, 0.15) is 11.9 Å². The summed E-state index contributed by atoms with van der Waals surface area (Å²) in [5, 5.41) is 12.8. The molecular weight excluding hydrogens is 370 g/mol. The second-order valence-electron chi connectivity index (χ2n) is 6.74. The number of fused-ring (bicyclic) bond motifs is 1. The fraction of sp³-hybridized carbons (Fsp3) is 0.143. The average molecular weight is 389 g/mol. The van der Waals surface area contributed by atoms with Gasteiger partial charge >= 0.3 is 0 Å². The van der Waals surface area contributed by atoms with E-state index in [9.17, 15) is 14.4 Å². The molecule has 1 aliphatic heterocycles. The quantitative estimate of drug-likeness (QED) is 0.638. The van der Waals surface area contributed by atoms with Crippen molar-refractivity contribution in [3.05, 3.63) is 60.7 Å². The lowest BCUT2D eigenvalue weighted by atomic mass is 10.1. The summed E-state index contributed by atoms with van der Waals surface area (Å²) in [5.41, 5.74) is 2.78. The van der Waals surface area contributed by atoms with E-state index < -0.39 is 6.04 Å². The molecule has 3 N–H and O–H groups in total. The topological polar surface area (TPSA) is 105 Å². The van der Waals surface area contributed by atoms with E-state index in [1.165, 1.54) is 6.92 Å². The molecule has 1 aromatic heterocycles. The first kappa shape index (κ1) is 18.4. The first-order valence-electron chi connectivity index (χ1n) is 9.13. The normalized spacial score (nSPS) is 15.2. The number of hydrogen-bond acceptors (Lipinski definition) is 4. The Hall–Kier alpha value is -3.94.